The van der Waals surface area contributed by atoms with Crippen LogP contribution < -0.4 is 10.1 Å². The van der Waals surface area contributed by atoms with Crippen LogP contribution in [0, 0.1) is 5.82 Å². The smallest absolute Gasteiger partial charge is 0.229 e. The summed E-state index contributed by atoms with van der Waals surface area (Å²) in [6.45, 7) is 2.11. The molecule has 0 spiro atoms. The fraction of sp³-hybridized carbons (Fsp3) is 0.273. The molecule has 0 amide bonds. The normalized spacial score (nSPS) is 12.0. The number of aliphatic hydroxyl groups excluding tert-OH is 2. The third kappa shape index (κ3) is 5.16. The van der Waals surface area contributed by atoms with Gasteiger partial charge in [0.25, 0.3) is 0 Å². The second kappa shape index (κ2) is 10.0. The van der Waals surface area contributed by atoms with Crippen molar-refractivity contribution in [3.8, 4) is 17.0 Å². The molecule has 33 heavy (non-hydrogen) atoms. The van der Waals surface area contributed by atoms with E-state index in [1.54, 1.807) is 11.8 Å². The van der Waals surface area contributed by atoms with Crippen LogP contribution in [-0.2, 0) is 13.2 Å². The minimum Gasteiger partial charge on any atom is -0.497 e. The number of rotatable bonds is 9. The second-order valence-corrected chi connectivity index (χ2v) is 8.28. The molecule has 9 nitrogen and oxygen atoms in total. The van der Waals surface area contributed by atoms with Gasteiger partial charge in [-0.2, -0.15) is 5.10 Å². The van der Waals surface area contributed by atoms with Crippen molar-refractivity contribution in [3.05, 3.63) is 64.8 Å². The van der Waals surface area contributed by atoms with Crippen molar-refractivity contribution >= 4 is 22.4 Å². The van der Waals surface area contributed by atoms with Crippen molar-refractivity contribution in [2.75, 3.05) is 12.4 Å². The maximum Gasteiger partial charge on any atom is 0.229 e. The molecule has 4 rings (SSSR count). The maximum absolute atomic E-state index is 13.1. The summed E-state index contributed by atoms with van der Waals surface area (Å²) in [4.78, 5) is 12.9. The molecule has 172 valence electrons. The van der Waals surface area contributed by atoms with E-state index in [0.717, 1.165) is 23.7 Å². The number of aromatic nitrogens is 5. The molecule has 1 atom stereocenters. The number of aliphatic hydroxyl groups is 2. The summed E-state index contributed by atoms with van der Waals surface area (Å²) in [5.74, 6) is 0.409. The second-order valence-electron chi connectivity index (χ2n) is 7.20. The fourth-order valence-corrected chi connectivity index (χ4v) is 4.08. The highest BCUT2D eigenvalue weighted by Gasteiger charge is 2.23. The predicted molar refractivity (Wildman–Crippen MR) is 122 cm³/mol. The zero-order chi connectivity index (χ0) is 23.4. The van der Waals surface area contributed by atoms with E-state index >= 15 is 0 Å². The van der Waals surface area contributed by atoms with Gasteiger partial charge in [0, 0.05) is 11.8 Å². The summed E-state index contributed by atoms with van der Waals surface area (Å²) < 4.78 is 20.0. The monoisotopic (exact) mass is 470 g/mol. The highest BCUT2D eigenvalue weighted by atomic mass is 32.1. The summed E-state index contributed by atoms with van der Waals surface area (Å²) in [5.41, 5.74) is 2.64. The SMILES string of the molecule is CCC(O)c1nn(Cc2ccc(OC)cc2)cc1-c1nc(Nc2ncc(F)cn2)sc1CO. The van der Waals surface area contributed by atoms with Crippen LogP contribution >= 0.6 is 11.3 Å². The number of thiazole rings is 1. The quantitative estimate of drug-likeness (QED) is 0.339. The Hall–Kier alpha value is -3.41. The number of benzene rings is 1. The van der Waals surface area contributed by atoms with Crippen molar-refractivity contribution in [2.24, 2.45) is 0 Å². The molecule has 1 aromatic carbocycles. The molecule has 0 fully saturated rings. The van der Waals surface area contributed by atoms with Gasteiger partial charge in [-0.15, -0.1) is 0 Å². The first-order valence-corrected chi connectivity index (χ1v) is 11.1. The van der Waals surface area contributed by atoms with Gasteiger partial charge in [-0.3, -0.25) is 4.68 Å². The van der Waals surface area contributed by atoms with Crippen molar-refractivity contribution < 1.29 is 19.3 Å². The first kappa shape index (κ1) is 22.8. The van der Waals surface area contributed by atoms with Crippen molar-refractivity contribution in [1.82, 2.24) is 24.7 Å². The predicted octanol–water partition coefficient (Wildman–Crippen LogP) is 3.67. The van der Waals surface area contributed by atoms with Crippen LogP contribution in [0.1, 0.15) is 35.6 Å². The molecule has 3 aromatic heterocycles. The molecule has 0 saturated heterocycles. The fourth-order valence-electron chi connectivity index (χ4n) is 3.25. The average Bonchev–Trinajstić information content (AvgIpc) is 3.44. The summed E-state index contributed by atoms with van der Waals surface area (Å²) in [6.07, 6.45) is 3.60. The minimum atomic E-state index is -0.790. The van der Waals surface area contributed by atoms with Crippen LogP contribution in [0.4, 0.5) is 15.5 Å². The number of hydrogen-bond acceptors (Lipinski definition) is 9. The van der Waals surface area contributed by atoms with E-state index in [1.807, 2.05) is 37.4 Å². The van der Waals surface area contributed by atoms with Crippen LogP contribution in [0.25, 0.3) is 11.3 Å². The van der Waals surface area contributed by atoms with Crippen LogP contribution in [0.2, 0.25) is 0 Å². The summed E-state index contributed by atoms with van der Waals surface area (Å²) >= 11 is 1.22. The van der Waals surface area contributed by atoms with E-state index in [2.05, 4.69) is 25.4 Å². The Bertz CT molecular complexity index is 1210. The van der Waals surface area contributed by atoms with Crippen LogP contribution in [0.15, 0.2) is 42.9 Å². The standard InChI is InChI=1S/C22H23FN6O3S/c1-3-17(31)19-16(11-29(28-19)10-13-4-6-15(32-2)7-5-13)20-18(12-30)33-22(26-20)27-21-24-8-14(23)9-25-21/h4-9,11,17,30-31H,3,10,12H2,1-2H3,(H,24,25,26,27). The summed E-state index contributed by atoms with van der Waals surface area (Å²) in [7, 11) is 1.62. The highest BCUT2D eigenvalue weighted by Crippen LogP contribution is 2.36. The summed E-state index contributed by atoms with van der Waals surface area (Å²) in [5, 5.41) is 28.5. The average molecular weight is 471 g/mol. The third-order valence-corrected chi connectivity index (χ3v) is 5.89. The Morgan fingerprint density at radius 1 is 1.21 bits per heavy atom. The summed E-state index contributed by atoms with van der Waals surface area (Å²) in [6, 6.07) is 7.65. The number of ether oxygens (including phenoxy) is 1. The Labute approximate surface area is 193 Å². The molecule has 0 saturated carbocycles. The lowest BCUT2D eigenvalue weighted by atomic mass is 10.1. The van der Waals surface area contributed by atoms with E-state index in [9.17, 15) is 14.6 Å². The Balaban J connectivity index is 1.67. The zero-order valence-electron chi connectivity index (χ0n) is 18.1. The number of methoxy groups -OCH3 is 1. The Morgan fingerprint density at radius 2 is 1.94 bits per heavy atom. The molecule has 0 aliphatic carbocycles. The maximum atomic E-state index is 13.1. The van der Waals surface area contributed by atoms with Gasteiger partial charge >= 0.3 is 0 Å². The van der Waals surface area contributed by atoms with Crippen LogP contribution in [0.5, 0.6) is 5.75 Å². The number of anilines is 2. The van der Waals surface area contributed by atoms with Gasteiger partial charge in [0.15, 0.2) is 10.9 Å². The van der Waals surface area contributed by atoms with Crippen molar-refractivity contribution in [2.45, 2.75) is 32.6 Å². The van der Waals surface area contributed by atoms with E-state index < -0.39 is 11.9 Å². The van der Waals surface area contributed by atoms with Gasteiger partial charge in [0.2, 0.25) is 5.95 Å². The molecular weight excluding hydrogens is 447 g/mol. The van der Waals surface area contributed by atoms with Gasteiger partial charge in [-0.05, 0) is 24.1 Å². The minimum absolute atomic E-state index is 0.185. The highest BCUT2D eigenvalue weighted by molar-refractivity contribution is 7.16. The molecule has 0 aliphatic heterocycles. The van der Waals surface area contributed by atoms with E-state index in [4.69, 9.17) is 4.74 Å². The molecular formula is C22H23FN6O3S. The molecule has 11 heteroatoms. The number of nitrogens with one attached hydrogen (secondary N) is 1. The number of hydrogen-bond donors (Lipinski definition) is 3. The van der Waals surface area contributed by atoms with Gasteiger partial charge in [-0.25, -0.2) is 19.3 Å². The lowest BCUT2D eigenvalue weighted by molar-refractivity contribution is 0.168. The molecule has 0 bridgehead atoms. The lowest BCUT2D eigenvalue weighted by Gasteiger charge is -2.07. The largest absolute Gasteiger partial charge is 0.497 e. The van der Waals surface area contributed by atoms with Crippen molar-refractivity contribution in [1.29, 1.82) is 0 Å². The Kier molecular flexibility index (Phi) is 6.92. The van der Waals surface area contributed by atoms with Gasteiger partial charge < -0.3 is 20.3 Å². The van der Waals surface area contributed by atoms with Gasteiger partial charge in [-0.1, -0.05) is 30.4 Å². The first-order valence-electron chi connectivity index (χ1n) is 10.2. The van der Waals surface area contributed by atoms with E-state index in [0.29, 0.717) is 39.9 Å². The first-order chi connectivity index (χ1) is 16.0. The Morgan fingerprint density at radius 3 is 2.58 bits per heavy atom. The molecule has 0 aliphatic rings. The molecule has 3 N–H and O–H groups in total. The van der Waals surface area contributed by atoms with Crippen molar-refractivity contribution in [3.63, 3.8) is 0 Å². The third-order valence-electron chi connectivity index (χ3n) is 4.93. The van der Waals surface area contributed by atoms with E-state index in [1.165, 1.54) is 11.3 Å². The van der Waals surface area contributed by atoms with Crippen LogP contribution in [0.3, 0.4) is 0 Å². The molecule has 0 radical (unpaired) electrons. The van der Waals surface area contributed by atoms with Gasteiger partial charge in [0.1, 0.15) is 11.4 Å². The molecule has 1 unspecified atom stereocenters. The van der Waals surface area contributed by atoms with Gasteiger partial charge in [0.05, 0.1) is 49.3 Å². The zero-order valence-corrected chi connectivity index (χ0v) is 18.9. The van der Waals surface area contributed by atoms with Crippen LogP contribution in [-0.4, -0.2) is 42.1 Å². The number of nitrogens with zero attached hydrogens (tertiary/aromatic N) is 5. The lowest BCUT2D eigenvalue weighted by Crippen LogP contribution is -2.03. The van der Waals surface area contributed by atoms with E-state index in [-0.39, 0.29) is 12.6 Å². The molecule has 3 heterocycles. The molecule has 4 aromatic rings. The number of halogens is 1. The topological polar surface area (TPSA) is 118 Å².